The maximum absolute atomic E-state index is 12.4. The van der Waals surface area contributed by atoms with Crippen LogP contribution in [0, 0.1) is 0 Å². The number of aromatic nitrogens is 1. The summed E-state index contributed by atoms with van der Waals surface area (Å²) in [5.41, 5.74) is 2.08. The second-order valence-corrected chi connectivity index (χ2v) is 5.98. The topological polar surface area (TPSA) is 48.4 Å². The van der Waals surface area contributed by atoms with Gasteiger partial charge in [0, 0.05) is 11.8 Å². The van der Waals surface area contributed by atoms with Gasteiger partial charge in [-0.3, -0.25) is 4.79 Å². The predicted octanol–water partition coefficient (Wildman–Crippen LogP) is 5.43. The summed E-state index contributed by atoms with van der Waals surface area (Å²) in [5.74, 6) is -0.443. The van der Waals surface area contributed by atoms with Crippen molar-refractivity contribution in [2.24, 2.45) is 0 Å². The number of hydrogen-bond acceptors (Lipinski definition) is 4. The highest BCUT2D eigenvalue weighted by molar-refractivity contribution is 5.97. The standard InChI is InChI=1S/C21H16F3NO3/c1-14(26)19-11-17(16-8-5-9-18(10-16)28-21(22,23)24)12-25-20(19)27-13-15-6-3-2-4-7-15/h2-12H,13H2,1H3. The van der Waals surface area contributed by atoms with Gasteiger partial charge in [-0.15, -0.1) is 13.2 Å². The number of rotatable bonds is 6. The highest BCUT2D eigenvalue weighted by atomic mass is 19.4. The van der Waals surface area contributed by atoms with E-state index < -0.39 is 6.36 Å². The summed E-state index contributed by atoms with van der Waals surface area (Å²) >= 11 is 0. The molecule has 0 saturated heterocycles. The summed E-state index contributed by atoms with van der Waals surface area (Å²) in [7, 11) is 0. The van der Waals surface area contributed by atoms with E-state index in [2.05, 4.69) is 9.72 Å². The molecular weight excluding hydrogens is 371 g/mol. The van der Waals surface area contributed by atoms with Crippen molar-refractivity contribution in [3.05, 3.63) is 78.0 Å². The third-order valence-electron chi connectivity index (χ3n) is 3.85. The first-order chi connectivity index (χ1) is 13.3. The molecule has 0 spiro atoms. The fourth-order valence-electron chi connectivity index (χ4n) is 2.58. The van der Waals surface area contributed by atoms with Gasteiger partial charge in [-0.25, -0.2) is 4.98 Å². The molecule has 3 rings (SSSR count). The Bertz CT molecular complexity index is 972. The summed E-state index contributed by atoms with van der Waals surface area (Å²) in [4.78, 5) is 16.2. The van der Waals surface area contributed by atoms with Crippen molar-refractivity contribution >= 4 is 5.78 Å². The van der Waals surface area contributed by atoms with Gasteiger partial charge in [0.25, 0.3) is 0 Å². The van der Waals surface area contributed by atoms with Gasteiger partial charge >= 0.3 is 6.36 Å². The molecule has 7 heteroatoms. The van der Waals surface area contributed by atoms with Gasteiger partial charge < -0.3 is 9.47 Å². The number of carbonyl (C=O) groups excluding carboxylic acids is 1. The van der Waals surface area contributed by atoms with E-state index in [1.807, 2.05) is 30.3 Å². The van der Waals surface area contributed by atoms with Gasteiger partial charge in [-0.1, -0.05) is 42.5 Å². The Morgan fingerprint density at radius 3 is 2.43 bits per heavy atom. The number of halogens is 3. The zero-order chi connectivity index (χ0) is 20.1. The van der Waals surface area contributed by atoms with Crippen LogP contribution in [0.4, 0.5) is 13.2 Å². The van der Waals surface area contributed by atoms with Crippen molar-refractivity contribution in [2.45, 2.75) is 19.9 Å². The molecule has 0 fully saturated rings. The Morgan fingerprint density at radius 1 is 1.00 bits per heavy atom. The lowest BCUT2D eigenvalue weighted by Gasteiger charge is -2.12. The van der Waals surface area contributed by atoms with Crippen LogP contribution in [0.3, 0.4) is 0 Å². The Labute approximate surface area is 159 Å². The number of hydrogen-bond donors (Lipinski definition) is 0. The van der Waals surface area contributed by atoms with Crippen LogP contribution in [0.1, 0.15) is 22.8 Å². The number of pyridine rings is 1. The minimum absolute atomic E-state index is 0.169. The molecule has 0 atom stereocenters. The van der Waals surface area contributed by atoms with Gasteiger partial charge in [0.15, 0.2) is 5.78 Å². The first kappa shape index (κ1) is 19.4. The molecule has 1 aromatic heterocycles. The van der Waals surface area contributed by atoms with Gasteiger partial charge in [-0.05, 0) is 36.2 Å². The zero-order valence-corrected chi connectivity index (χ0v) is 14.9. The number of carbonyl (C=O) groups is 1. The summed E-state index contributed by atoms with van der Waals surface area (Å²) in [6.45, 7) is 1.61. The first-order valence-electron chi connectivity index (χ1n) is 8.36. The molecule has 0 unspecified atom stereocenters. The van der Waals surface area contributed by atoms with Crippen molar-refractivity contribution in [1.82, 2.24) is 4.98 Å². The van der Waals surface area contributed by atoms with E-state index >= 15 is 0 Å². The average Bonchev–Trinajstić information content (AvgIpc) is 2.66. The number of benzene rings is 2. The first-order valence-corrected chi connectivity index (χ1v) is 8.36. The predicted molar refractivity (Wildman–Crippen MR) is 97.1 cm³/mol. The minimum Gasteiger partial charge on any atom is -0.472 e. The molecule has 0 aliphatic rings. The van der Waals surface area contributed by atoms with E-state index in [0.29, 0.717) is 11.1 Å². The molecule has 0 saturated carbocycles. The van der Waals surface area contributed by atoms with E-state index in [9.17, 15) is 18.0 Å². The maximum Gasteiger partial charge on any atom is 0.573 e. The van der Waals surface area contributed by atoms with Crippen LogP contribution in [-0.2, 0) is 6.61 Å². The number of ether oxygens (including phenoxy) is 2. The molecule has 28 heavy (non-hydrogen) atoms. The second-order valence-electron chi connectivity index (χ2n) is 5.98. The van der Waals surface area contributed by atoms with Crippen LogP contribution in [0.15, 0.2) is 66.9 Å². The molecule has 144 valence electrons. The zero-order valence-electron chi connectivity index (χ0n) is 14.9. The highest BCUT2D eigenvalue weighted by Crippen LogP contribution is 2.30. The van der Waals surface area contributed by atoms with Crippen molar-refractivity contribution in [3.63, 3.8) is 0 Å². The molecule has 4 nitrogen and oxygen atoms in total. The van der Waals surface area contributed by atoms with Crippen LogP contribution in [-0.4, -0.2) is 17.1 Å². The molecule has 0 amide bonds. The Balaban J connectivity index is 1.86. The Morgan fingerprint density at radius 2 is 1.75 bits per heavy atom. The number of alkyl halides is 3. The van der Waals surface area contributed by atoms with E-state index in [1.165, 1.54) is 31.3 Å². The third kappa shape index (κ3) is 5.09. The largest absolute Gasteiger partial charge is 0.573 e. The van der Waals surface area contributed by atoms with E-state index in [0.717, 1.165) is 5.56 Å². The smallest absolute Gasteiger partial charge is 0.472 e. The van der Waals surface area contributed by atoms with Crippen LogP contribution in [0.25, 0.3) is 11.1 Å². The summed E-state index contributed by atoms with van der Waals surface area (Å²) in [6, 6.07) is 16.4. The second kappa shape index (κ2) is 8.12. The molecule has 1 heterocycles. The number of ketones is 1. The third-order valence-corrected chi connectivity index (χ3v) is 3.85. The van der Waals surface area contributed by atoms with E-state index in [1.54, 1.807) is 12.1 Å². The summed E-state index contributed by atoms with van der Waals surface area (Å²) < 4.78 is 46.9. The monoisotopic (exact) mass is 387 g/mol. The van der Waals surface area contributed by atoms with Gasteiger partial charge in [0.1, 0.15) is 12.4 Å². The van der Waals surface area contributed by atoms with Crippen molar-refractivity contribution in [1.29, 1.82) is 0 Å². The number of nitrogens with zero attached hydrogens (tertiary/aromatic N) is 1. The lowest BCUT2D eigenvalue weighted by molar-refractivity contribution is -0.274. The maximum atomic E-state index is 12.4. The quantitative estimate of drug-likeness (QED) is 0.529. The summed E-state index contributed by atoms with van der Waals surface area (Å²) in [5, 5.41) is 0. The van der Waals surface area contributed by atoms with Crippen molar-refractivity contribution in [2.75, 3.05) is 0 Å². The van der Waals surface area contributed by atoms with Crippen LogP contribution < -0.4 is 9.47 Å². The normalized spacial score (nSPS) is 11.1. The molecule has 0 aliphatic heterocycles. The molecular formula is C21H16F3NO3. The molecule has 0 radical (unpaired) electrons. The SMILES string of the molecule is CC(=O)c1cc(-c2cccc(OC(F)(F)F)c2)cnc1OCc1ccccc1. The molecule has 3 aromatic rings. The summed E-state index contributed by atoms with van der Waals surface area (Å²) in [6.07, 6.45) is -3.34. The molecule has 2 aromatic carbocycles. The lowest BCUT2D eigenvalue weighted by Crippen LogP contribution is -2.17. The van der Waals surface area contributed by atoms with Gasteiger partial charge in [0.2, 0.25) is 5.88 Å². The van der Waals surface area contributed by atoms with Gasteiger partial charge in [0.05, 0.1) is 5.56 Å². The van der Waals surface area contributed by atoms with Crippen LogP contribution in [0.5, 0.6) is 11.6 Å². The van der Waals surface area contributed by atoms with Crippen LogP contribution >= 0.6 is 0 Å². The Hall–Kier alpha value is -3.35. The fraction of sp³-hybridized carbons (Fsp3) is 0.143. The molecule has 0 aliphatic carbocycles. The van der Waals surface area contributed by atoms with E-state index in [4.69, 9.17) is 4.74 Å². The average molecular weight is 387 g/mol. The molecule has 0 N–H and O–H groups in total. The van der Waals surface area contributed by atoms with Gasteiger partial charge in [-0.2, -0.15) is 0 Å². The van der Waals surface area contributed by atoms with Crippen molar-refractivity contribution < 1.29 is 27.4 Å². The van der Waals surface area contributed by atoms with Crippen LogP contribution in [0.2, 0.25) is 0 Å². The lowest BCUT2D eigenvalue weighted by atomic mass is 10.0. The number of Topliss-reactive ketones (excluding diaryl/α,β-unsaturated/α-hetero) is 1. The molecule has 0 bridgehead atoms. The fourth-order valence-corrected chi connectivity index (χ4v) is 2.58. The minimum atomic E-state index is -4.78. The Kier molecular flexibility index (Phi) is 5.63. The van der Waals surface area contributed by atoms with Crippen molar-refractivity contribution in [3.8, 4) is 22.8 Å². The highest BCUT2D eigenvalue weighted by Gasteiger charge is 2.31. The van der Waals surface area contributed by atoms with E-state index in [-0.39, 0.29) is 29.6 Å².